The van der Waals surface area contributed by atoms with E-state index >= 15 is 0 Å². The van der Waals surface area contributed by atoms with Gasteiger partial charge >= 0.3 is 24.1 Å². The van der Waals surface area contributed by atoms with Crippen molar-refractivity contribution in [3.05, 3.63) is 35.9 Å². The Morgan fingerprint density at radius 2 is 1.27 bits per heavy atom. The first-order chi connectivity index (χ1) is 24.2. The van der Waals surface area contributed by atoms with E-state index in [0.29, 0.717) is 12.8 Å². The molecule has 0 bridgehead atoms. The van der Waals surface area contributed by atoms with Crippen LogP contribution in [0.1, 0.15) is 85.6 Å². The Balaban J connectivity index is 2.80. The van der Waals surface area contributed by atoms with Crippen LogP contribution in [0.25, 0.3) is 0 Å². The maximum absolute atomic E-state index is 13.2. The van der Waals surface area contributed by atoms with Crippen LogP contribution in [0.15, 0.2) is 30.3 Å². The minimum Gasteiger partial charge on any atom is -0.480 e. The highest BCUT2D eigenvalue weighted by atomic mass is 16.6. The van der Waals surface area contributed by atoms with Crippen molar-refractivity contribution in [2.75, 3.05) is 13.1 Å². The van der Waals surface area contributed by atoms with Crippen LogP contribution in [0.4, 0.5) is 9.59 Å². The number of carbonyl (C=O) groups excluding carboxylic acids is 6. The van der Waals surface area contributed by atoms with Gasteiger partial charge in [-0.2, -0.15) is 0 Å². The molecule has 18 heteroatoms. The predicted molar refractivity (Wildman–Crippen MR) is 188 cm³/mol. The monoisotopic (exact) mass is 737 g/mol. The topological polar surface area (TPSA) is 280 Å². The molecule has 1 aromatic carbocycles. The molecule has 10 N–H and O–H groups in total. The van der Waals surface area contributed by atoms with Crippen molar-refractivity contribution >= 4 is 41.8 Å². The molecule has 0 aliphatic rings. The summed E-state index contributed by atoms with van der Waals surface area (Å²) >= 11 is 0. The van der Waals surface area contributed by atoms with Crippen molar-refractivity contribution in [1.29, 1.82) is 0 Å². The quantitative estimate of drug-likeness (QED) is 0.0400. The van der Waals surface area contributed by atoms with E-state index < -0.39 is 77.3 Å². The molecule has 0 aliphatic heterocycles. The van der Waals surface area contributed by atoms with E-state index in [1.165, 1.54) is 0 Å². The molecule has 0 heterocycles. The van der Waals surface area contributed by atoms with Crippen molar-refractivity contribution < 1.29 is 52.9 Å². The Labute approximate surface area is 303 Å². The van der Waals surface area contributed by atoms with Crippen LogP contribution in [0.2, 0.25) is 0 Å². The van der Waals surface area contributed by atoms with E-state index in [1.807, 2.05) is 6.07 Å². The number of carboxylic acids is 1. The van der Waals surface area contributed by atoms with E-state index in [9.17, 15) is 38.7 Å². The van der Waals surface area contributed by atoms with E-state index in [2.05, 4.69) is 26.6 Å². The smallest absolute Gasteiger partial charge is 0.407 e. The molecule has 0 aliphatic carbocycles. The first-order valence-corrected chi connectivity index (χ1v) is 16.9. The number of carboxylic acid groups (broad SMARTS) is 1. The Hall–Kier alpha value is -4.97. The summed E-state index contributed by atoms with van der Waals surface area (Å²) in [4.78, 5) is 86.8. The van der Waals surface area contributed by atoms with Gasteiger partial charge in [-0.3, -0.25) is 19.2 Å². The fourth-order valence-corrected chi connectivity index (χ4v) is 4.22. The number of carbonyl (C=O) groups is 7. The van der Waals surface area contributed by atoms with Crippen molar-refractivity contribution in [3.8, 4) is 0 Å². The van der Waals surface area contributed by atoms with E-state index in [4.69, 9.17) is 25.7 Å². The number of rotatable bonds is 20. The molecule has 0 radical (unpaired) electrons. The number of alkyl carbamates (subject to hydrolysis) is 2. The summed E-state index contributed by atoms with van der Waals surface area (Å²) in [5.74, 6) is -4.66. The molecule has 0 saturated heterocycles. The van der Waals surface area contributed by atoms with Gasteiger partial charge in [-0.1, -0.05) is 30.3 Å². The summed E-state index contributed by atoms with van der Waals surface area (Å²) in [6.45, 7) is 10.0. The molecule has 18 nitrogen and oxygen atoms in total. The molecule has 1 aromatic rings. The number of nitrogens with one attached hydrogen (secondary N) is 5. The molecule has 0 saturated carbocycles. The average Bonchev–Trinajstić information content (AvgIpc) is 3.03. The lowest BCUT2D eigenvalue weighted by Crippen LogP contribution is -2.60. The van der Waals surface area contributed by atoms with Gasteiger partial charge in [0.05, 0.1) is 0 Å². The standard InChI is InChI=1S/C34H55N7O11/c1-33(2,3)51-31(48)37-18-11-10-15-24(30(46)47)40-29(45)26(36)41-28(44)23(16-12-17-25(42)50-20-21-13-8-7-9-14-21)39-27(43)22(35)19-38-32(49)52-34(4,5)6/h7-9,13-14,22-24,26H,10-12,15-20,35-36H2,1-6H3,(H,37,48)(H,38,49)(H,39,43)(H,40,45)(H,41,44)(H,46,47)/t22-,23-,24-,26+/m0/s1. The van der Waals surface area contributed by atoms with Gasteiger partial charge in [0.1, 0.15) is 35.9 Å². The van der Waals surface area contributed by atoms with Gasteiger partial charge in [-0.05, 0) is 79.2 Å². The number of unbranched alkanes of at least 4 members (excludes halogenated alkanes) is 1. The molecule has 0 unspecified atom stereocenters. The zero-order chi connectivity index (χ0) is 39.5. The average molecular weight is 738 g/mol. The fraction of sp³-hybridized carbons (Fsp3) is 0.618. The third-order valence-corrected chi connectivity index (χ3v) is 6.73. The van der Waals surface area contributed by atoms with E-state index in [0.717, 1.165) is 5.56 Å². The Morgan fingerprint density at radius 1 is 0.712 bits per heavy atom. The third kappa shape index (κ3) is 20.6. The molecule has 1 rings (SSSR count). The molecule has 0 spiro atoms. The van der Waals surface area contributed by atoms with Crippen LogP contribution < -0.4 is 38.1 Å². The molecule has 0 fully saturated rings. The van der Waals surface area contributed by atoms with Crippen molar-refractivity contribution in [1.82, 2.24) is 26.6 Å². The lowest BCUT2D eigenvalue weighted by Gasteiger charge is -2.24. The van der Waals surface area contributed by atoms with Crippen molar-refractivity contribution in [2.45, 2.75) is 122 Å². The molecule has 5 amide bonds. The molecule has 4 atom stereocenters. The first kappa shape index (κ1) is 45.1. The van der Waals surface area contributed by atoms with E-state index in [-0.39, 0.29) is 45.4 Å². The van der Waals surface area contributed by atoms with Gasteiger partial charge in [-0.25, -0.2) is 14.4 Å². The molecule has 52 heavy (non-hydrogen) atoms. The van der Waals surface area contributed by atoms with Gasteiger partial charge in [-0.15, -0.1) is 0 Å². The number of aliphatic carboxylic acids is 1. The number of ether oxygens (including phenoxy) is 3. The summed E-state index contributed by atoms with van der Waals surface area (Å²) in [6, 6.07) is 4.98. The summed E-state index contributed by atoms with van der Waals surface area (Å²) in [7, 11) is 0. The van der Waals surface area contributed by atoms with Crippen molar-refractivity contribution in [3.63, 3.8) is 0 Å². The lowest BCUT2D eigenvalue weighted by molar-refractivity contribution is -0.145. The van der Waals surface area contributed by atoms with Crippen LogP contribution >= 0.6 is 0 Å². The van der Waals surface area contributed by atoms with Gasteiger partial charge in [0, 0.05) is 19.5 Å². The normalized spacial score (nSPS) is 13.6. The molecule has 0 aromatic heterocycles. The number of hydrogen-bond donors (Lipinski definition) is 8. The van der Waals surface area contributed by atoms with Crippen LogP contribution in [-0.2, 0) is 44.8 Å². The summed E-state index contributed by atoms with van der Waals surface area (Å²) in [5.41, 5.74) is 11.1. The Morgan fingerprint density at radius 3 is 1.85 bits per heavy atom. The number of hydrogen-bond acceptors (Lipinski definition) is 12. The summed E-state index contributed by atoms with van der Waals surface area (Å²) in [5, 5.41) is 21.5. The maximum Gasteiger partial charge on any atom is 0.407 e. The highest BCUT2D eigenvalue weighted by Gasteiger charge is 2.29. The largest absolute Gasteiger partial charge is 0.480 e. The van der Waals surface area contributed by atoms with Gasteiger partial charge < -0.3 is 57.4 Å². The second kappa shape index (κ2) is 22.1. The third-order valence-electron chi connectivity index (χ3n) is 6.73. The number of benzene rings is 1. The van der Waals surface area contributed by atoms with Gasteiger partial charge in [0.2, 0.25) is 11.8 Å². The van der Waals surface area contributed by atoms with Gasteiger partial charge in [0.25, 0.3) is 5.91 Å². The summed E-state index contributed by atoms with van der Waals surface area (Å²) < 4.78 is 15.5. The van der Waals surface area contributed by atoms with Crippen LogP contribution in [0.3, 0.4) is 0 Å². The predicted octanol–water partition coefficient (Wildman–Crippen LogP) is 0.902. The highest BCUT2D eigenvalue weighted by Crippen LogP contribution is 2.09. The van der Waals surface area contributed by atoms with Crippen molar-refractivity contribution in [2.24, 2.45) is 11.5 Å². The number of amides is 5. The molecular weight excluding hydrogens is 682 g/mol. The highest BCUT2D eigenvalue weighted by molar-refractivity contribution is 5.94. The zero-order valence-electron chi connectivity index (χ0n) is 30.7. The maximum atomic E-state index is 13.2. The molecular formula is C34H55N7O11. The minimum absolute atomic E-state index is 0.00792. The van der Waals surface area contributed by atoms with E-state index in [1.54, 1.807) is 65.8 Å². The minimum atomic E-state index is -1.72. The number of esters is 1. The Kier molecular flexibility index (Phi) is 19.1. The molecule has 292 valence electrons. The fourth-order valence-electron chi connectivity index (χ4n) is 4.22. The second-order valence-electron chi connectivity index (χ2n) is 13.9. The van der Waals surface area contributed by atoms with Crippen LogP contribution in [0, 0.1) is 0 Å². The van der Waals surface area contributed by atoms with Crippen LogP contribution in [-0.4, -0.2) is 95.5 Å². The second-order valence-corrected chi connectivity index (χ2v) is 13.9. The first-order valence-electron chi connectivity index (χ1n) is 16.9. The summed E-state index contributed by atoms with van der Waals surface area (Å²) in [6.07, 6.45) is -2.61. The lowest BCUT2D eigenvalue weighted by atomic mass is 10.1. The van der Waals surface area contributed by atoms with Gasteiger partial charge in [0.15, 0.2) is 6.17 Å². The Bertz CT molecular complexity index is 1350. The SMILES string of the molecule is CC(C)(C)OC(=O)NCCCC[C@H](NC(=O)[C@H](N)NC(=O)[C@H](CCCC(=O)OCc1ccccc1)NC(=O)[C@@H](N)CNC(=O)OC(C)(C)C)C(=O)O. The zero-order valence-corrected chi connectivity index (χ0v) is 30.7. The number of nitrogens with two attached hydrogens (primary N) is 2. The van der Waals surface area contributed by atoms with Crippen LogP contribution in [0.5, 0.6) is 0 Å².